The van der Waals surface area contributed by atoms with Crippen molar-refractivity contribution in [1.82, 2.24) is 10.2 Å². The minimum atomic E-state index is -0.408. The highest BCUT2D eigenvalue weighted by molar-refractivity contribution is 7.99. The van der Waals surface area contributed by atoms with Crippen LogP contribution in [0.4, 0.5) is 4.79 Å². The molecule has 1 aliphatic heterocycles. The van der Waals surface area contributed by atoms with Crippen molar-refractivity contribution in [3.63, 3.8) is 0 Å². The maximum absolute atomic E-state index is 12.1. The van der Waals surface area contributed by atoms with Crippen LogP contribution in [-0.2, 0) is 4.74 Å². The molecule has 0 bridgehead atoms. The van der Waals surface area contributed by atoms with Gasteiger partial charge in [0, 0.05) is 19.1 Å². The summed E-state index contributed by atoms with van der Waals surface area (Å²) in [5.74, 6) is 2.40. The number of carbonyl (C=O) groups is 1. The molecule has 0 saturated carbocycles. The van der Waals surface area contributed by atoms with Crippen LogP contribution in [0.1, 0.15) is 47.0 Å². The van der Waals surface area contributed by atoms with Gasteiger partial charge in [0.15, 0.2) is 0 Å². The summed E-state index contributed by atoms with van der Waals surface area (Å²) in [6.45, 7) is 10.7. The molecule has 0 aromatic carbocycles. The van der Waals surface area contributed by atoms with E-state index in [1.807, 2.05) is 37.4 Å². The molecule has 0 aromatic heterocycles. The predicted molar refractivity (Wildman–Crippen MR) is 86.4 cm³/mol. The second-order valence-electron chi connectivity index (χ2n) is 6.22. The largest absolute Gasteiger partial charge is 0.444 e. The highest BCUT2D eigenvalue weighted by atomic mass is 32.2. The fraction of sp³-hybridized carbons (Fsp3) is 0.933. The van der Waals surface area contributed by atoms with Crippen LogP contribution in [0.15, 0.2) is 0 Å². The smallest absolute Gasteiger partial charge is 0.410 e. The Hall–Kier alpha value is -0.420. The zero-order valence-corrected chi connectivity index (χ0v) is 14.2. The number of hydrogen-bond donors (Lipinski definition) is 1. The van der Waals surface area contributed by atoms with Crippen molar-refractivity contribution in [2.75, 3.05) is 31.1 Å². The molecule has 0 aromatic rings. The first-order chi connectivity index (χ1) is 9.44. The molecule has 1 rings (SSSR count). The monoisotopic (exact) mass is 302 g/mol. The molecule has 118 valence electrons. The normalized spacial score (nSPS) is 19.4. The lowest BCUT2D eigenvalue weighted by Gasteiger charge is -2.28. The van der Waals surface area contributed by atoms with E-state index in [2.05, 4.69) is 12.2 Å². The number of nitrogens with zero attached hydrogens (tertiary/aromatic N) is 1. The van der Waals surface area contributed by atoms with Crippen LogP contribution < -0.4 is 5.32 Å². The molecule has 1 aliphatic rings. The summed E-state index contributed by atoms with van der Waals surface area (Å²) in [6, 6.07) is 0.295. The molecule has 5 heteroatoms. The minimum absolute atomic E-state index is 0.164. The summed E-state index contributed by atoms with van der Waals surface area (Å²) in [5, 5.41) is 3.47. The van der Waals surface area contributed by atoms with Crippen LogP contribution in [0.2, 0.25) is 0 Å². The Balaban J connectivity index is 2.25. The fourth-order valence-corrected chi connectivity index (χ4v) is 2.96. The third kappa shape index (κ3) is 6.84. The zero-order valence-electron chi connectivity index (χ0n) is 13.4. The van der Waals surface area contributed by atoms with E-state index in [0.717, 1.165) is 32.5 Å². The standard InChI is InChI=1S/C15H30N2O2S/c1-5-20-11-7-9-16-12-13-8-6-10-17(13)14(18)19-15(2,3)4/h13,16H,5-12H2,1-4H3. The molecule has 1 fully saturated rings. The first-order valence-electron chi connectivity index (χ1n) is 7.72. The molecule has 4 nitrogen and oxygen atoms in total. The summed E-state index contributed by atoms with van der Waals surface area (Å²) >= 11 is 1.98. The average molecular weight is 302 g/mol. The van der Waals surface area contributed by atoms with Crippen LogP contribution >= 0.6 is 11.8 Å². The van der Waals surface area contributed by atoms with E-state index in [-0.39, 0.29) is 6.09 Å². The number of rotatable bonds is 7. The third-order valence-electron chi connectivity index (χ3n) is 3.23. The number of likely N-dealkylation sites (tertiary alicyclic amines) is 1. The lowest BCUT2D eigenvalue weighted by molar-refractivity contribution is 0.0227. The van der Waals surface area contributed by atoms with Gasteiger partial charge in [-0.05, 0) is 58.1 Å². The average Bonchev–Trinajstić information content (AvgIpc) is 2.80. The molecular weight excluding hydrogens is 272 g/mol. The van der Waals surface area contributed by atoms with Crippen molar-refractivity contribution in [2.45, 2.75) is 58.6 Å². The lowest BCUT2D eigenvalue weighted by Crippen LogP contribution is -2.44. The number of nitrogens with one attached hydrogen (secondary N) is 1. The van der Waals surface area contributed by atoms with E-state index in [9.17, 15) is 4.79 Å². The first kappa shape index (κ1) is 17.6. The van der Waals surface area contributed by atoms with Gasteiger partial charge in [-0.15, -0.1) is 0 Å². The van der Waals surface area contributed by atoms with Crippen molar-refractivity contribution in [1.29, 1.82) is 0 Å². The number of thioether (sulfide) groups is 1. The minimum Gasteiger partial charge on any atom is -0.444 e. The van der Waals surface area contributed by atoms with Crippen molar-refractivity contribution in [2.24, 2.45) is 0 Å². The summed E-state index contributed by atoms with van der Waals surface area (Å²) in [6.07, 6.45) is 3.19. The number of carbonyl (C=O) groups excluding carboxylic acids is 1. The molecule has 1 heterocycles. The summed E-state index contributed by atoms with van der Waals surface area (Å²) in [7, 11) is 0. The Labute approximate surface area is 128 Å². The first-order valence-corrected chi connectivity index (χ1v) is 8.87. The van der Waals surface area contributed by atoms with Gasteiger partial charge < -0.3 is 15.0 Å². The molecule has 20 heavy (non-hydrogen) atoms. The van der Waals surface area contributed by atoms with Crippen LogP contribution in [0.25, 0.3) is 0 Å². The topological polar surface area (TPSA) is 41.6 Å². The molecule has 1 amide bonds. The Kier molecular flexibility index (Phi) is 7.74. The molecule has 1 unspecified atom stereocenters. The van der Waals surface area contributed by atoms with Crippen LogP contribution in [-0.4, -0.2) is 53.8 Å². The Morgan fingerprint density at radius 3 is 2.85 bits per heavy atom. The lowest BCUT2D eigenvalue weighted by atomic mass is 10.2. The highest BCUT2D eigenvalue weighted by Crippen LogP contribution is 2.20. The Bertz CT molecular complexity index is 292. The van der Waals surface area contributed by atoms with Crippen molar-refractivity contribution in [3.05, 3.63) is 0 Å². The molecule has 1 N–H and O–H groups in total. The van der Waals surface area contributed by atoms with Crippen molar-refractivity contribution < 1.29 is 9.53 Å². The molecule has 1 saturated heterocycles. The maximum atomic E-state index is 12.1. The third-order valence-corrected chi connectivity index (χ3v) is 4.22. The number of amides is 1. The zero-order chi connectivity index (χ0) is 15.0. The van der Waals surface area contributed by atoms with Crippen LogP contribution in [0.3, 0.4) is 0 Å². The molecule has 0 spiro atoms. The molecule has 1 atom stereocenters. The van der Waals surface area contributed by atoms with E-state index in [1.165, 1.54) is 17.9 Å². The second-order valence-corrected chi connectivity index (χ2v) is 7.62. The van der Waals surface area contributed by atoms with E-state index in [0.29, 0.717) is 6.04 Å². The Morgan fingerprint density at radius 1 is 1.45 bits per heavy atom. The molecular formula is C15H30N2O2S. The van der Waals surface area contributed by atoms with Gasteiger partial charge in [0.05, 0.1) is 0 Å². The van der Waals surface area contributed by atoms with Gasteiger partial charge in [0.25, 0.3) is 0 Å². The van der Waals surface area contributed by atoms with Gasteiger partial charge in [-0.2, -0.15) is 11.8 Å². The summed E-state index contributed by atoms with van der Waals surface area (Å²) in [4.78, 5) is 14.0. The van der Waals surface area contributed by atoms with E-state index in [4.69, 9.17) is 4.74 Å². The van der Waals surface area contributed by atoms with Crippen molar-refractivity contribution in [3.8, 4) is 0 Å². The van der Waals surface area contributed by atoms with Gasteiger partial charge in [0.1, 0.15) is 5.60 Å². The second kappa shape index (κ2) is 8.78. The van der Waals surface area contributed by atoms with Crippen LogP contribution in [0.5, 0.6) is 0 Å². The van der Waals surface area contributed by atoms with Gasteiger partial charge >= 0.3 is 6.09 Å². The maximum Gasteiger partial charge on any atom is 0.410 e. The number of hydrogen-bond acceptors (Lipinski definition) is 4. The number of ether oxygens (including phenoxy) is 1. The predicted octanol–water partition coefficient (Wildman–Crippen LogP) is 3.12. The van der Waals surface area contributed by atoms with Crippen LogP contribution in [0, 0.1) is 0 Å². The Morgan fingerprint density at radius 2 is 2.20 bits per heavy atom. The van der Waals surface area contributed by atoms with Gasteiger partial charge in [-0.25, -0.2) is 4.79 Å². The van der Waals surface area contributed by atoms with E-state index < -0.39 is 5.60 Å². The van der Waals surface area contributed by atoms with E-state index >= 15 is 0 Å². The SMILES string of the molecule is CCSCCCNCC1CCCN1C(=O)OC(C)(C)C. The van der Waals surface area contributed by atoms with E-state index in [1.54, 1.807) is 0 Å². The fourth-order valence-electron chi connectivity index (χ4n) is 2.32. The van der Waals surface area contributed by atoms with Crippen molar-refractivity contribution >= 4 is 17.9 Å². The van der Waals surface area contributed by atoms with Gasteiger partial charge in [-0.1, -0.05) is 6.92 Å². The summed E-state index contributed by atoms with van der Waals surface area (Å²) < 4.78 is 5.47. The molecule has 0 aliphatic carbocycles. The quantitative estimate of drug-likeness (QED) is 0.734. The van der Waals surface area contributed by atoms with Gasteiger partial charge in [0.2, 0.25) is 0 Å². The van der Waals surface area contributed by atoms with Gasteiger partial charge in [-0.3, -0.25) is 0 Å². The molecule has 0 radical (unpaired) electrons. The summed E-state index contributed by atoms with van der Waals surface area (Å²) in [5.41, 5.74) is -0.408. The highest BCUT2D eigenvalue weighted by Gasteiger charge is 2.31.